The monoisotopic (exact) mass is 441 g/mol. The molecule has 0 fully saturated rings. The van der Waals surface area contributed by atoms with Gasteiger partial charge in [0.15, 0.2) is 11.0 Å². The summed E-state index contributed by atoms with van der Waals surface area (Å²) in [5.41, 5.74) is 4.63. The molecular weight excluding hydrogens is 422 g/mol. The van der Waals surface area contributed by atoms with Crippen LogP contribution < -0.4 is 5.56 Å². The van der Waals surface area contributed by atoms with Gasteiger partial charge in [-0.25, -0.2) is 0 Å². The van der Waals surface area contributed by atoms with E-state index in [4.69, 9.17) is 0 Å². The zero-order valence-corrected chi connectivity index (χ0v) is 18.3. The van der Waals surface area contributed by atoms with E-state index in [1.165, 1.54) is 27.6 Å². The number of rotatable bonds is 5. The first-order chi connectivity index (χ1) is 15.6. The number of aryl methyl sites for hydroxylation is 2. The van der Waals surface area contributed by atoms with Gasteiger partial charge >= 0.3 is 0 Å². The Labute approximate surface area is 188 Å². The Bertz CT molecular complexity index is 1480. The molecule has 32 heavy (non-hydrogen) atoms. The standard InChI is InChI=1S/C23H19N7OS/c1-15-7-8-18(13-16(15)2)30-21(17-9-11-24-12-10-17)26-27-23(30)32-14-29-22(31)19-5-3-4-6-20(19)25-28-29/h3-13H,14H2,1-2H3. The van der Waals surface area contributed by atoms with Crippen LogP contribution in [0.3, 0.4) is 0 Å². The summed E-state index contributed by atoms with van der Waals surface area (Å²) in [5.74, 6) is 0.964. The van der Waals surface area contributed by atoms with E-state index in [0.29, 0.717) is 21.9 Å². The van der Waals surface area contributed by atoms with Crippen molar-refractivity contribution in [3.05, 3.63) is 88.5 Å². The van der Waals surface area contributed by atoms with Crippen molar-refractivity contribution in [2.45, 2.75) is 24.9 Å². The fourth-order valence-electron chi connectivity index (χ4n) is 3.38. The summed E-state index contributed by atoms with van der Waals surface area (Å²) in [5, 5.41) is 18.3. The predicted octanol–water partition coefficient (Wildman–Crippen LogP) is 3.80. The molecule has 8 nitrogen and oxygen atoms in total. The van der Waals surface area contributed by atoms with Crippen molar-refractivity contribution in [2.24, 2.45) is 0 Å². The van der Waals surface area contributed by atoms with Gasteiger partial charge in [-0.05, 0) is 61.4 Å². The minimum atomic E-state index is -0.185. The summed E-state index contributed by atoms with van der Waals surface area (Å²) in [6.45, 7) is 4.15. The molecule has 2 aromatic carbocycles. The molecule has 0 radical (unpaired) electrons. The van der Waals surface area contributed by atoms with E-state index in [2.05, 4.69) is 51.5 Å². The zero-order valence-electron chi connectivity index (χ0n) is 17.5. The molecule has 0 N–H and O–H groups in total. The van der Waals surface area contributed by atoms with Crippen LogP contribution in [0.1, 0.15) is 11.1 Å². The van der Waals surface area contributed by atoms with Gasteiger partial charge in [0, 0.05) is 18.0 Å². The first-order valence-corrected chi connectivity index (χ1v) is 11.0. The van der Waals surface area contributed by atoms with E-state index >= 15 is 0 Å². The van der Waals surface area contributed by atoms with Crippen molar-refractivity contribution in [1.82, 2.24) is 34.7 Å². The number of nitrogens with zero attached hydrogens (tertiary/aromatic N) is 7. The number of thioether (sulfide) groups is 1. The molecule has 3 heterocycles. The van der Waals surface area contributed by atoms with Gasteiger partial charge in [0.2, 0.25) is 0 Å². The van der Waals surface area contributed by atoms with Crippen LogP contribution in [0.5, 0.6) is 0 Å². The highest BCUT2D eigenvalue weighted by Gasteiger charge is 2.17. The van der Waals surface area contributed by atoms with Crippen LogP contribution in [0.25, 0.3) is 28.0 Å². The van der Waals surface area contributed by atoms with Crippen molar-refractivity contribution in [2.75, 3.05) is 0 Å². The van der Waals surface area contributed by atoms with E-state index in [1.54, 1.807) is 24.5 Å². The molecule has 158 valence electrons. The third kappa shape index (κ3) is 3.67. The Kier molecular flexibility index (Phi) is 5.24. The van der Waals surface area contributed by atoms with E-state index in [-0.39, 0.29) is 11.4 Å². The molecule has 0 saturated heterocycles. The maximum Gasteiger partial charge on any atom is 0.278 e. The molecule has 0 atom stereocenters. The van der Waals surface area contributed by atoms with Crippen LogP contribution in [0.4, 0.5) is 0 Å². The van der Waals surface area contributed by atoms with Crippen molar-refractivity contribution < 1.29 is 0 Å². The smallest absolute Gasteiger partial charge is 0.270 e. The second-order valence-corrected chi connectivity index (χ2v) is 8.24. The zero-order chi connectivity index (χ0) is 22.1. The molecule has 9 heteroatoms. The summed E-state index contributed by atoms with van der Waals surface area (Å²) in [6.07, 6.45) is 3.46. The molecule has 0 aliphatic carbocycles. The van der Waals surface area contributed by atoms with Gasteiger partial charge in [-0.15, -0.1) is 15.3 Å². The van der Waals surface area contributed by atoms with Crippen molar-refractivity contribution in [1.29, 1.82) is 0 Å². The Balaban J connectivity index is 1.56. The van der Waals surface area contributed by atoms with Crippen LogP contribution in [0.15, 0.2) is 76.9 Å². The number of fused-ring (bicyclic) bond motifs is 1. The molecule has 0 aliphatic heterocycles. The van der Waals surface area contributed by atoms with Crippen molar-refractivity contribution in [3.63, 3.8) is 0 Å². The number of aromatic nitrogens is 7. The Hall–Kier alpha value is -3.85. The average molecular weight is 442 g/mol. The first-order valence-electron chi connectivity index (χ1n) is 10.0. The first kappa shape index (κ1) is 20.1. The van der Waals surface area contributed by atoms with Crippen LogP contribution in [0.2, 0.25) is 0 Å². The summed E-state index contributed by atoms with van der Waals surface area (Å²) in [7, 11) is 0. The normalized spacial score (nSPS) is 11.2. The van der Waals surface area contributed by atoms with Crippen LogP contribution >= 0.6 is 11.8 Å². The Morgan fingerprint density at radius 2 is 1.72 bits per heavy atom. The lowest BCUT2D eigenvalue weighted by molar-refractivity contribution is 0.643. The maximum atomic E-state index is 12.8. The highest BCUT2D eigenvalue weighted by Crippen LogP contribution is 2.29. The second kappa shape index (κ2) is 8.35. The lowest BCUT2D eigenvalue weighted by atomic mass is 10.1. The van der Waals surface area contributed by atoms with Gasteiger partial charge in [-0.3, -0.25) is 14.3 Å². The summed E-state index contributed by atoms with van der Waals surface area (Å²) in [6, 6.07) is 17.2. The lowest BCUT2D eigenvalue weighted by Crippen LogP contribution is -2.23. The molecule has 0 spiro atoms. The fourth-order valence-corrected chi connectivity index (χ4v) is 4.20. The van der Waals surface area contributed by atoms with Crippen LogP contribution in [-0.2, 0) is 5.88 Å². The van der Waals surface area contributed by atoms with Gasteiger partial charge in [0.25, 0.3) is 5.56 Å². The van der Waals surface area contributed by atoms with E-state index in [1.807, 2.05) is 34.9 Å². The highest BCUT2D eigenvalue weighted by molar-refractivity contribution is 7.98. The molecular formula is C23H19N7OS. The molecule has 5 aromatic rings. The summed E-state index contributed by atoms with van der Waals surface area (Å²) >= 11 is 1.38. The van der Waals surface area contributed by atoms with Crippen LogP contribution in [-0.4, -0.2) is 34.7 Å². The lowest BCUT2D eigenvalue weighted by Gasteiger charge is -2.12. The SMILES string of the molecule is Cc1ccc(-n2c(SCn3nnc4ccccc4c3=O)nnc2-c2ccncc2)cc1C. The molecule has 5 rings (SSSR count). The molecule has 0 amide bonds. The van der Waals surface area contributed by atoms with Crippen molar-refractivity contribution >= 4 is 22.7 Å². The summed E-state index contributed by atoms with van der Waals surface area (Å²) < 4.78 is 3.34. The number of hydrogen-bond donors (Lipinski definition) is 0. The van der Waals surface area contributed by atoms with Crippen molar-refractivity contribution in [3.8, 4) is 17.1 Å². The summed E-state index contributed by atoms with van der Waals surface area (Å²) in [4.78, 5) is 16.9. The third-order valence-corrected chi connectivity index (χ3v) is 6.16. The third-order valence-electron chi connectivity index (χ3n) is 5.27. The Morgan fingerprint density at radius 3 is 2.53 bits per heavy atom. The number of benzene rings is 2. The maximum absolute atomic E-state index is 12.8. The van der Waals surface area contributed by atoms with Gasteiger partial charge in [-0.2, -0.15) is 4.68 Å². The largest absolute Gasteiger partial charge is 0.278 e. The van der Waals surface area contributed by atoms with Gasteiger partial charge in [0.05, 0.1) is 17.0 Å². The number of pyridine rings is 1. The highest BCUT2D eigenvalue weighted by atomic mass is 32.2. The van der Waals surface area contributed by atoms with E-state index in [0.717, 1.165) is 11.3 Å². The number of hydrogen-bond acceptors (Lipinski definition) is 7. The van der Waals surface area contributed by atoms with Gasteiger partial charge in [0.1, 0.15) is 5.52 Å². The van der Waals surface area contributed by atoms with Gasteiger partial charge in [-0.1, -0.05) is 35.2 Å². The quantitative estimate of drug-likeness (QED) is 0.383. The predicted molar refractivity (Wildman–Crippen MR) is 124 cm³/mol. The molecule has 0 unspecified atom stereocenters. The molecule has 3 aromatic heterocycles. The molecule has 0 bridgehead atoms. The second-order valence-electron chi connectivity index (χ2n) is 7.33. The average Bonchev–Trinajstić information content (AvgIpc) is 3.25. The molecule has 0 aliphatic rings. The van der Waals surface area contributed by atoms with Gasteiger partial charge < -0.3 is 0 Å². The Morgan fingerprint density at radius 1 is 0.906 bits per heavy atom. The minimum absolute atomic E-state index is 0.185. The van der Waals surface area contributed by atoms with E-state index < -0.39 is 0 Å². The van der Waals surface area contributed by atoms with Crippen LogP contribution in [0, 0.1) is 13.8 Å². The minimum Gasteiger partial charge on any atom is -0.270 e. The molecule has 0 saturated carbocycles. The fraction of sp³-hybridized carbons (Fsp3) is 0.130. The topological polar surface area (TPSA) is 91.4 Å². The van der Waals surface area contributed by atoms with E-state index in [9.17, 15) is 4.79 Å².